The fourth-order valence-electron chi connectivity index (χ4n) is 9.05. The second-order valence-electron chi connectivity index (χ2n) is 14.7. The molecule has 9 heteroatoms. The minimum Gasteiger partial charge on any atom is -0.457 e. The molecule has 3 fully saturated rings. The molecule has 3 aliphatic rings. The Morgan fingerprint density at radius 2 is 1.61 bits per heavy atom. The highest BCUT2D eigenvalue weighted by atomic mass is 16.6. The van der Waals surface area contributed by atoms with Crippen molar-refractivity contribution in [3.05, 3.63) is 120 Å². The molecule has 0 spiro atoms. The number of ether oxygens (including phenoxy) is 2. The monoisotopic (exact) mass is 689 g/mol. The molecule has 1 N–H and O–H groups in total. The third-order valence-electron chi connectivity index (χ3n) is 11.7. The van der Waals surface area contributed by atoms with Crippen LogP contribution < -0.4 is 10.2 Å². The predicted octanol–water partition coefficient (Wildman–Crippen LogP) is 6.86. The molecule has 7 rings (SSSR count). The van der Waals surface area contributed by atoms with E-state index in [1.165, 1.54) is 5.56 Å². The molecule has 1 unspecified atom stereocenters. The Bertz CT molecular complexity index is 1730. The first-order valence-electron chi connectivity index (χ1n) is 18.6. The van der Waals surface area contributed by atoms with Gasteiger partial charge in [-0.15, -0.1) is 0 Å². The summed E-state index contributed by atoms with van der Waals surface area (Å²) < 4.78 is 13.9. The number of carbonyl (C=O) groups is 2. The van der Waals surface area contributed by atoms with Gasteiger partial charge in [0.15, 0.2) is 0 Å². The van der Waals surface area contributed by atoms with Crippen LogP contribution in [-0.2, 0) is 28.0 Å². The number of aromatic nitrogens is 2. The summed E-state index contributed by atoms with van der Waals surface area (Å²) in [6.45, 7) is 8.45. The van der Waals surface area contributed by atoms with E-state index in [1.54, 1.807) is 7.05 Å². The average molecular weight is 690 g/mol. The Kier molecular flexibility index (Phi) is 10.7. The zero-order chi connectivity index (χ0) is 35.2. The van der Waals surface area contributed by atoms with E-state index in [4.69, 9.17) is 9.47 Å². The van der Waals surface area contributed by atoms with Gasteiger partial charge in [0, 0.05) is 68.6 Å². The molecular weight excluding hydrogens is 638 g/mol. The summed E-state index contributed by atoms with van der Waals surface area (Å²) in [5.74, 6) is 1.99. The van der Waals surface area contributed by atoms with Crippen molar-refractivity contribution in [1.82, 2.24) is 19.8 Å². The van der Waals surface area contributed by atoms with Crippen LogP contribution in [0.25, 0.3) is 0 Å². The first kappa shape index (κ1) is 34.8. The lowest BCUT2D eigenvalue weighted by atomic mass is 9.58. The third kappa shape index (κ3) is 7.69. The molecule has 0 bridgehead atoms. The number of rotatable bonds is 12. The molecule has 1 aliphatic carbocycles. The van der Waals surface area contributed by atoms with Crippen molar-refractivity contribution in [3.8, 4) is 0 Å². The number of likely N-dealkylation sites (tertiary alicyclic amines) is 1. The van der Waals surface area contributed by atoms with Crippen LogP contribution in [0.3, 0.4) is 0 Å². The van der Waals surface area contributed by atoms with Crippen LogP contribution in [0.5, 0.6) is 0 Å². The number of aryl methyl sites for hydroxylation is 1. The lowest BCUT2D eigenvalue weighted by molar-refractivity contribution is 0.00180. The average Bonchev–Trinajstić information content (AvgIpc) is 3.80. The number of esters is 1. The van der Waals surface area contributed by atoms with E-state index in [9.17, 15) is 9.59 Å². The Morgan fingerprint density at radius 3 is 2.27 bits per heavy atom. The van der Waals surface area contributed by atoms with E-state index >= 15 is 0 Å². The Hall–Kier alpha value is -4.63. The van der Waals surface area contributed by atoms with Gasteiger partial charge in [0.25, 0.3) is 0 Å². The van der Waals surface area contributed by atoms with Crippen molar-refractivity contribution in [2.75, 3.05) is 44.7 Å². The Morgan fingerprint density at radius 1 is 0.902 bits per heavy atom. The number of nitrogens with zero attached hydrogens (tertiary/aromatic N) is 4. The maximum Gasteiger partial charge on any atom is 0.407 e. The minimum atomic E-state index is -0.339. The number of nitrogens with one attached hydrogen (secondary N) is 1. The van der Waals surface area contributed by atoms with E-state index in [2.05, 4.69) is 68.1 Å². The van der Waals surface area contributed by atoms with E-state index in [0.717, 1.165) is 88.4 Å². The Balaban J connectivity index is 0.988. The summed E-state index contributed by atoms with van der Waals surface area (Å²) in [4.78, 5) is 34.8. The highest BCUT2D eigenvalue weighted by Gasteiger charge is 2.53. The summed E-state index contributed by atoms with van der Waals surface area (Å²) in [5, 5.41) is 2.70. The van der Waals surface area contributed by atoms with Crippen LogP contribution in [0.4, 0.5) is 10.5 Å². The molecular formula is C42H51N5O4. The highest BCUT2D eigenvalue weighted by molar-refractivity contribution is 5.89. The highest BCUT2D eigenvalue weighted by Crippen LogP contribution is 2.52. The lowest BCUT2D eigenvalue weighted by Gasteiger charge is -2.51. The third-order valence-corrected chi connectivity index (χ3v) is 11.7. The lowest BCUT2D eigenvalue weighted by Crippen LogP contribution is -2.55. The van der Waals surface area contributed by atoms with Crippen molar-refractivity contribution in [1.29, 1.82) is 0 Å². The van der Waals surface area contributed by atoms with Gasteiger partial charge in [-0.2, -0.15) is 0 Å². The van der Waals surface area contributed by atoms with Crippen molar-refractivity contribution >= 4 is 17.7 Å². The van der Waals surface area contributed by atoms with E-state index in [-0.39, 0.29) is 36.1 Å². The molecule has 3 atom stereocenters. The zero-order valence-electron chi connectivity index (χ0n) is 30.0. The maximum atomic E-state index is 12.6. The number of hydrogen-bond acceptors (Lipinski definition) is 7. The molecule has 2 aliphatic heterocycles. The van der Waals surface area contributed by atoms with Crippen molar-refractivity contribution in [2.24, 2.45) is 17.8 Å². The quantitative estimate of drug-likeness (QED) is 0.163. The summed E-state index contributed by atoms with van der Waals surface area (Å²) in [5.41, 5.74) is 3.86. The normalized spacial score (nSPS) is 21.1. The maximum absolute atomic E-state index is 12.6. The van der Waals surface area contributed by atoms with Gasteiger partial charge >= 0.3 is 12.1 Å². The molecule has 1 aromatic heterocycles. The van der Waals surface area contributed by atoms with Crippen LogP contribution in [-0.4, -0.2) is 72.4 Å². The first-order valence-corrected chi connectivity index (χ1v) is 18.6. The number of benzene rings is 3. The largest absolute Gasteiger partial charge is 0.457 e. The summed E-state index contributed by atoms with van der Waals surface area (Å²) in [6.07, 6.45) is 8.75. The number of anilines is 1. The van der Waals surface area contributed by atoms with Gasteiger partial charge in [-0.25, -0.2) is 14.6 Å². The molecule has 1 amide bonds. The van der Waals surface area contributed by atoms with Gasteiger partial charge in [-0.05, 0) is 93.4 Å². The van der Waals surface area contributed by atoms with Gasteiger partial charge in [-0.1, -0.05) is 60.7 Å². The standard InChI is InChI=1S/C42H51N5O4/c1-31-44-22-25-46(31)30-42(35-12-7-4-8-13-35,38-14-9-15-39(38)51-41(49)43-2)36-20-23-45(24-21-36)26-33-27-47(28-33)37-18-16-34(17-19-37)40(48)50-29-32-10-5-3-6-11-32/h3-8,10-13,16-19,22,25,33,36,38-39H,9,14-15,20-21,23-24,26-30H2,1-2H3,(H,43,49)/t38-,39-,42?/m0/s1. The number of alkyl carbamates (subject to hydrolysis) is 1. The second-order valence-corrected chi connectivity index (χ2v) is 14.7. The minimum absolute atomic E-state index is 0.123. The number of piperidine rings is 1. The molecule has 2 saturated heterocycles. The fourth-order valence-corrected chi connectivity index (χ4v) is 9.05. The predicted molar refractivity (Wildman–Crippen MR) is 199 cm³/mol. The topological polar surface area (TPSA) is 88.9 Å². The molecule has 51 heavy (non-hydrogen) atoms. The molecule has 1 saturated carbocycles. The van der Waals surface area contributed by atoms with E-state index in [1.807, 2.05) is 60.8 Å². The number of amides is 1. The van der Waals surface area contributed by atoms with Gasteiger partial charge in [0.2, 0.25) is 0 Å². The van der Waals surface area contributed by atoms with E-state index in [0.29, 0.717) is 17.4 Å². The fraction of sp³-hybridized carbons (Fsp3) is 0.452. The second kappa shape index (κ2) is 15.7. The van der Waals surface area contributed by atoms with Crippen LogP contribution in [0.2, 0.25) is 0 Å². The SMILES string of the molecule is CNC(=O)O[C@H]1CCC[C@@H]1C(Cn1ccnc1C)(c1ccccc1)C1CCN(CC2CN(c3ccc(C(=O)OCc4ccccc4)cc3)C2)CC1. The molecule has 268 valence electrons. The summed E-state index contributed by atoms with van der Waals surface area (Å²) in [7, 11) is 1.64. The smallest absolute Gasteiger partial charge is 0.407 e. The molecule has 0 radical (unpaired) electrons. The molecule has 3 heterocycles. The van der Waals surface area contributed by atoms with E-state index < -0.39 is 0 Å². The van der Waals surface area contributed by atoms with Gasteiger partial charge in [0.05, 0.1) is 5.56 Å². The number of imidazole rings is 1. The summed E-state index contributed by atoms with van der Waals surface area (Å²) >= 11 is 0. The zero-order valence-corrected chi connectivity index (χ0v) is 30.0. The number of hydrogen-bond donors (Lipinski definition) is 1. The molecule has 3 aromatic carbocycles. The van der Waals surface area contributed by atoms with Crippen LogP contribution >= 0.6 is 0 Å². The van der Waals surface area contributed by atoms with Crippen molar-refractivity contribution in [2.45, 2.75) is 63.7 Å². The van der Waals surface area contributed by atoms with Crippen LogP contribution in [0.1, 0.15) is 59.4 Å². The molecule has 9 nitrogen and oxygen atoms in total. The van der Waals surface area contributed by atoms with Gasteiger partial charge < -0.3 is 29.2 Å². The van der Waals surface area contributed by atoms with Crippen LogP contribution in [0.15, 0.2) is 97.3 Å². The number of carbonyl (C=O) groups excluding carboxylic acids is 2. The van der Waals surface area contributed by atoms with Crippen molar-refractivity contribution < 1.29 is 19.1 Å². The first-order chi connectivity index (χ1) is 24.9. The Labute approximate surface area is 302 Å². The van der Waals surface area contributed by atoms with Crippen molar-refractivity contribution in [3.63, 3.8) is 0 Å². The van der Waals surface area contributed by atoms with Crippen LogP contribution in [0, 0.1) is 24.7 Å². The summed E-state index contributed by atoms with van der Waals surface area (Å²) in [6, 6.07) is 28.6. The van der Waals surface area contributed by atoms with Gasteiger partial charge in [-0.3, -0.25) is 0 Å². The van der Waals surface area contributed by atoms with Gasteiger partial charge in [0.1, 0.15) is 18.5 Å². The molecule has 4 aromatic rings.